The third kappa shape index (κ3) is 6.49. The first-order valence-corrected chi connectivity index (χ1v) is 11.5. The summed E-state index contributed by atoms with van der Waals surface area (Å²) >= 11 is 6.05. The zero-order valence-corrected chi connectivity index (χ0v) is 20.2. The van der Waals surface area contributed by atoms with Gasteiger partial charge in [0.15, 0.2) is 0 Å². The minimum atomic E-state index is -0.271. The second kappa shape index (κ2) is 11.4. The van der Waals surface area contributed by atoms with Crippen molar-refractivity contribution in [3.63, 3.8) is 0 Å². The molecule has 4 aromatic rings. The van der Waals surface area contributed by atoms with Crippen molar-refractivity contribution >= 4 is 29.1 Å². The predicted molar refractivity (Wildman–Crippen MR) is 139 cm³/mol. The lowest BCUT2D eigenvalue weighted by molar-refractivity contribution is -0.114. The highest BCUT2D eigenvalue weighted by molar-refractivity contribution is 6.30. The summed E-state index contributed by atoms with van der Waals surface area (Å²) in [5.74, 6) is 1.46. The van der Waals surface area contributed by atoms with Crippen LogP contribution in [-0.2, 0) is 4.79 Å². The van der Waals surface area contributed by atoms with Crippen LogP contribution in [0.25, 0.3) is 22.5 Å². The van der Waals surface area contributed by atoms with Crippen LogP contribution in [0, 0.1) is 0 Å². The lowest BCUT2D eigenvalue weighted by Crippen LogP contribution is -2.23. The molecule has 0 saturated carbocycles. The molecule has 0 fully saturated rings. The van der Waals surface area contributed by atoms with Gasteiger partial charge in [-0.05, 0) is 73.7 Å². The Morgan fingerprint density at radius 3 is 2.00 bits per heavy atom. The number of rotatable bonds is 9. The van der Waals surface area contributed by atoms with E-state index in [0.29, 0.717) is 23.0 Å². The molecular formula is C27H25ClN4O3. The largest absolute Gasteiger partial charge is 0.497 e. The molecule has 0 aliphatic carbocycles. The standard InChI is InChI=1S/C27H25ClN4O3/c1-3-35-23-14-10-21(11-15-23)29-17-26(33)32-27-30-24(18-4-8-20(28)9-5-18)16-25(31-27)19-6-12-22(34-2)13-7-19/h4-16,29H,3,17H2,1-2H3,(H,30,31,32,33). The topological polar surface area (TPSA) is 85.4 Å². The van der Waals surface area contributed by atoms with Gasteiger partial charge >= 0.3 is 0 Å². The monoisotopic (exact) mass is 488 g/mol. The molecule has 2 N–H and O–H groups in total. The van der Waals surface area contributed by atoms with Gasteiger partial charge in [-0.1, -0.05) is 23.7 Å². The average Bonchev–Trinajstić information content (AvgIpc) is 2.89. The van der Waals surface area contributed by atoms with Gasteiger partial charge in [-0.2, -0.15) is 0 Å². The number of benzene rings is 3. The van der Waals surface area contributed by atoms with Gasteiger partial charge in [-0.15, -0.1) is 0 Å². The second-order valence-corrected chi connectivity index (χ2v) is 7.99. The van der Waals surface area contributed by atoms with E-state index in [4.69, 9.17) is 21.1 Å². The molecule has 0 bridgehead atoms. The smallest absolute Gasteiger partial charge is 0.246 e. The van der Waals surface area contributed by atoms with Crippen LogP contribution in [0.3, 0.4) is 0 Å². The number of nitrogens with one attached hydrogen (secondary N) is 2. The zero-order chi connectivity index (χ0) is 24.6. The lowest BCUT2D eigenvalue weighted by atomic mass is 10.1. The Morgan fingerprint density at radius 2 is 1.43 bits per heavy atom. The summed E-state index contributed by atoms with van der Waals surface area (Å²) in [6.07, 6.45) is 0. The van der Waals surface area contributed by atoms with E-state index in [-0.39, 0.29) is 18.4 Å². The van der Waals surface area contributed by atoms with E-state index in [2.05, 4.69) is 20.6 Å². The Kier molecular flexibility index (Phi) is 7.80. The number of anilines is 2. The number of amides is 1. The van der Waals surface area contributed by atoms with Gasteiger partial charge in [-0.3, -0.25) is 10.1 Å². The lowest BCUT2D eigenvalue weighted by Gasteiger charge is -2.11. The summed E-state index contributed by atoms with van der Waals surface area (Å²) in [7, 11) is 1.62. The molecule has 0 aliphatic rings. The predicted octanol–water partition coefficient (Wildman–Crippen LogP) is 5.92. The van der Waals surface area contributed by atoms with Crippen LogP contribution >= 0.6 is 11.6 Å². The first-order chi connectivity index (χ1) is 17.0. The molecule has 178 valence electrons. The summed E-state index contributed by atoms with van der Waals surface area (Å²) in [4.78, 5) is 21.8. The van der Waals surface area contributed by atoms with Crippen LogP contribution in [0.1, 0.15) is 6.92 Å². The molecule has 0 atom stereocenters. The van der Waals surface area contributed by atoms with Crippen LogP contribution < -0.4 is 20.1 Å². The Hall–Kier alpha value is -4.10. The normalized spacial score (nSPS) is 10.5. The van der Waals surface area contributed by atoms with Crippen LogP contribution in [0.5, 0.6) is 11.5 Å². The second-order valence-electron chi connectivity index (χ2n) is 7.56. The molecule has 1 amide bonds. The van der Waals surface area contributed by atoms with Crippen molar-refractivity contribution in [2.24, 2.45) is 0 Å². The summed E-state index contributed by atoms with van der Waals surface area (Å²) in [6, 6.07) is 24.2. The number of nitrogens with zero attached hydrogens (tertiary/aromatic N) is 2. The Balaban J connectivity index is 1.54. The molecule has 0 radical (unpaired) electrons. The molecule has 3 aromatic carbocycles. The molecule has 0 unspecified atom stereocenters. The molecule has 4 rings (SSSR count). The van der Waals surface area contributed by atoms with Gasteiger partial charge in [0.2, 0.25) is 11.9 Å². The van der Waals surface area contributed by atoms with E-state index in [1.165, 1.54) is 0 Å². The quantitative estimate of drug-likeness (QED) is 0.304. The zero-order valence-electron chi connectivity index (χ0n) is 19.4. The molecule has 0 spiro atoms. The SMILES string of the molecule is CCOc1ccc(NCC(=O)Nc2nc(-c3ccc(Cl)cc3)cc(-c3ccc(OC)cc3)n2)cc1. The number of halogens is 1. The van der Waals surface area contributed by atoms with Crippen molar-refractivity contribution in [3.05, 3.63) is 83.9 Å². The van der Waals surface area contributed by atoms with Gasteiger partial charge in [0.05, 0.1) is 31.6 Å². The Morgan fingerprint density at radius 1 is 0.857 bits per heavy atom. The number of carbonyl (C=O) groups is 1. The Labute approximate surface area is 209 Å². The van der Waals surface area contributed by atoms with E-state index >= 15 is 0 Å². The molecule has 1 aromatic heterocycles. The van der Waals surface area contributed by atoms with Crippen molar-refractivity contribution in [3.8, 4) is 34.0 Å². The minimum Gasteiger partial charge on any atom is -0.497 e. The molecule has 35 heavy (non-hydrogen) atoms. The van der Waals surface area contributed by atoms with Crippen molar-refractivity contribution in [2.75, 3.05) is 30.9 Å². The van der Waals surface area contributed by atoms with E-state index in [1.807, 2.05) is 73.7 Å². The number of ether oxygens (including phenoxy) is 2. The highest BCUT2D eigenvalue weighted by Crippen LogP contribution is 2.27. The van der Waals surface area contributed by atoms with Gasteiger partial charge in [-0.25, -0.2) is 9.97 Å². The number of aromatic nitrogens is 2. The van der Waals surface area contributed by atoms with Crippen LogP contribution in [-0.4, -0.2) is 36.1 Å². The number of hydrogen-bond acceptors (Lipinski definition) is 6. The van der Waals surface area contributed by atoms with Crippen LogP contribution in [0.4, 0.5) is 11.6 Å². The number of methoxy groups -OCH3 is 1. The highest BCUT2D eigenvalue weighted by atomic mass is 35.5. The van der Waals surface area contributed by atoms with E-state index < -0.39 is 0 Å². The van der Waals surface area contributed by atoms with Crippen molar-refractivity contribution < 1.29 is 14.3 Å². The maximum atomic E-state index is 12.7. The fourth-order valence-corrected chi connectivity index (χ4v) is 3.49. The van der Waals surface area contributed by atoms with Crippen molar-refractivity contribution in [2.45, 2.75) is 6.92 Å². The van der Waals surface area contributed by atoms with Gasteiger partial charge in [0.1, 0.15) is 11.5 Å². The molecular weight excluding hydrogens is 464 g/mol. The van der Waals surface area contributed by atoms with Crippen molar-refractivity contribution in [1.29, 1.82) is 0 Å². The molecule has 1 heterocycles. The molecule has 0 aliphatic heterocycles. The maximum Gasteiger partial charge on any atom is 0.246 e. The van der Waals surface area contributed by atoms with Crippen LogP contribution in [0.15, 0.2) is 78.9 Å². The van der Waals surface area contributed by atoms with Gasteiger partial charge in [0, 0.05) is 21.8 Å². The van der Waals surface area contributed by atoms with E-state index in [0.717, 1.165) is 28.3 Å². The van der Waals surface area contributed by atoms with Crippen LogP contribution in [0.2, 0.25) is 5.02 Å². The Bertz CT molecular complexity index is 1280. The highest BCUT2D eigenvalue weighted by Gasteiger charge is 2.12. The first-order valence-electron chi connectivity index (χ1n) is 11.1. The molecule has 8 heteroatoms. The van der Waals surface area contributed by atoms with Crippen molar-refractivity contribution in [1.82, 2.24) is 9.97 Å². The minimum absolute atomic E-state index is 0.0559. The number of carbonyl (C=O) groups excluding carboxylic acids is 1. The summed E-state index contributed by atoms with van der Waals surface area (Å²) in [6.45, 7) is 2.59. The summed E-state index contributed by atoms with van der Waals surface area (Å²) in [5.41, 5.74) is 3.86. The van der Waals surface area contributed by atoms with Gasteiger partial charge < -0.3 is 14.8 Å². The molecule has 7 nitrogen and oxygen atoms in total. The van der Waals surface area contributed by atoms with E-state index in [1.54, 1.807) is 19.2 Å². The third-order valence-corrected chi connectivity index (χ3v) is 5.37. The molecule has 0 saturated heterocycles. The summed E-state index contributed by atoms with van der Waals surface area (Å²) in [5, 5.41) is 6.52. The fourth-order valence-electron chi connectivity index (χ4n) is 3.37. The maximum absolute atomic E-state index is 12.7. The number of hydrogen-bond donors (Lipinski definition) is 2. The summed E-state index contributed by atoms with van der Waals surface area (Å²) < 4.78 is 10.7. The first kappa shape index (κ1) is 24.0. The van der Waals surface area contributed by atoms with E-state index in [9.17, 15) is 4.79 Å². The third-order valence-electron chi connectivity index (χ3n) is 5.12. The average molecular weight is 489 g/mol. The fraction of sp³-hybridized carbons (Fsp3) is 0.148. The van der Waals surface area contributed by atoms with Gasteiger partial charge in [0.25, 0.3) is 0 Å².